The lowest BCUT2D eigenvalue weighted by Gasteiger charge is -2.40. The van der Waals surface area contributed by atoms with Crippen molar-refractivity contribution in [2.75, 3.05) is 32.8 Å². The van der Waals surface area contributed by atoms with Crippen LogP contribution in [-0.4, -0.2) is 49.2 Å². The third-order valence-corrected chi connectivity index (χ3v) is 5.28. The van der Waals surface area contributed by atoms with Gasteiger partial charge in [-0.25, -0.2) is 0 Å². The Labute approximate surface area is 149 Å². The maximum absolute atomic E-state index is 12.4. The summed E-state index contributed by atoms with van der Waals surface area (Å²) in [5, 5.41) is 4.12. The molecule has 0 bridgehead atoms. The topological polar surface area (TPSA) is 54.7 Å². The normalized spacial score (nSPS) is 16.3. The summed E-state index contributed by atoms with van der Waals surface area (Å²) < 4.78 is 11.1. The maximum atomic E-state index is 12.4. The molecule has 1 aromatic carbocycles. The van der Waals surface area contributed by atoms with Crippen LogP contribution in [-0.2, 0) is 16.0 Å². The van der Waals surface area contributed by atoms with Crippen LogP contribution in [0.2, 0.25) is 0 Å². The summed E-state index contributed by atoms with van der Waals surface area (Å²) in [5.74, 6) is 0.0299. The molecule has 2 heterocycles. The van der Waals surface area contributed by atoms with Gasteiger partial charge >= 0.3 is 0 Å². The molecule has 0 aliphatic carbocycles. The zero-order valence-electron chi connectivity index (χ0n) is 15.6. The van der Waals surface area contributed by atoms with Gasteiger partial charge in [0.15, 0.2) is 0 Å². The van der Waals surface area contributed by atoms with E-state index >= 15 is 0 Å². The summed E-state index contributed by atoms with van der Waals surface area (Å²) in [6.45, 7) is 12.4. The van der Waals surface area contributed by atoms with Crippen molar-refractivity contribution in [3.8, 4) is 0 Å². The minimum absolute atomic E-state index is 0.0299. The standard InChI is InChI=1S/C20H28N2O3/c1-14-5-6-17-16(12-25-19(17)15(14)2)11-18(23)21-13-20(3,4)22-7-9-24-10-8-22/h5-6,12H,7-11,13H2,1-4H3,(H,21,23). The van der Waals surface area contributed by atoms with Crippen LogP contribution < -0.4 is 5.32 Å². The average Bonchev–Trinajstić information content (AvgIpc) is 3.01. The molecule has 5 nitrogen and oxygen atoms in total. The summed E-state index contributed by atoms with van der Waals surface area (Å²) in [6.07, 6.45) is 2.05. The fraction of sp³-hybridized carbons (Fsp3) is 0.550. The maximum Gasteiger partial charge on any atom is 0.224 e. The Morgan fingerprint density at radius 1 is 1.24 bits per heavy atom. The van der Waals surface area contributed by atoms with Gasteiger partial charge in [0.2, 0.25) is 5.91 Å². The van der Waals surface area contributed by atoms with Crippen molar-refractivity contribution in [2.24, 2.45) is 0 Å². The second-order valence-electron chi connectivity index (χ2n) is 7.51. The van der Waals surface area contributed by atoms with Gasteiger partial charge in [0, 0.05) is 36.1 Å². The number of aryl methyl sites for hydroxylation is 2. The number of furan rings is 1. The van der Waals surface area contributed by atoms with E-state index in [0.717, 1.165) is 48.4 Å². The third-order valence-electron chi connectivity index (χ3n) is 5.28. The molecule has 2 aromatic rings. The highest BCUT2D eigenvalue weighted by Crippen LogP contribution is 2.26. The number of carbonyl (C=O) groups excluding carboxylic acids is 1. The van der Waals surface area contributed by atoms with Crippen LogP contribution in [0.4, 0.5) is 0 Å². The van der Waals surface area contributed by atoms with Crippen molar-refractivity contribution >= 4 is 16.9 Å². The number of amides is 1. The van der Waals surface area contributed by atoms with E-state index in [1.54, 1.807) is 6.26 Å². The summed E-state index contributed by atoms with van der Waals surface area (Å²) in [5.41, 5.74) is 4.09. The van der Waals surface area contributed by atoms with Gasteiger partial charge < -0.3 is 14.5 Å². The van der Waals surface area contributed by atoms with Gasteiger partial charge in [0.25, 0.3) is 0 Å². The van der Waals surface area contributed by atoms with Crippen LogP contribution in [0.5, 0.6) is 0 Å². The van der Waals surface area contributed by atoms with Crippen LogP contribution in [0.25, 0.3) is 11.0 Å². The van der Waals surface area contributed by atoms with Crippen LogP contribution in [0.3, 0.4) is 0 Å². The molecule has 3 rings (SSSR count). The monoisotopic (exact) mass is 344 g/mol. The Morgan fingerprint density at radius 3 is 2.68 bits per heavy atom. The Balaban J connectivity index is 1.62. The first-order valence-electron chi connectivity index (χ1n) is 8.94. The SMILES string of the molecule is Cc1ccc2c(CC(=O)NCC(C)(C)N3CCOCC3)coc2c1C. The minimum atomic E-state index is -0.0778. The average molecular weight is 344 g/mol. The largest absolute Gasteiger partial charge is 0.464 e. The van der Waals surface area contributed by atoms with E-state index in [1.165, 1.54) is 5.56 Å². The molecule has 0 saturated carbocycles. The molecule has 0 spiro atoms. The van der Waals surface area contributed by atoms with E-state index in [-0.39, 0.29) is 11.4 Å². The fourth-order valence-corrected chi connectivity index (χ4v) is 3.36. The smallest absolute Gasteiger partial charge is 0.224 e. The second-order valence-corrected chi connectivity index (χ2v) is 7.51. The Hall–Kier alpha value is -1.85. The number of fused-ring (bicyclic) bond motifs is 1. The fourth-order valence-electron chi connectivity index (χ4n) is 3.36. The van der Waals surface area contributed by atoms with Crippen molar-refractivity contribution < 1.29 is 13.9 Å². The molecule has 1 amide bonds. The van der Waals surface area contributed by atoms with Gasteiger partial charge in [-0.15, -0.1) is 0 Å². The first-order chi connectivity index (χ1) is 11.9. The molecule has 136 valence electrons. The Kier molecular flexibility index (Phi) is 5.16. The van der Waals surface area contributed by atoms with Crippen LogP contribution >= 0.6 is 0 Å². The van der Waals surface area contributed by atoms with E-state index in [0.29, 0.717) is 13.0 Å². The van der Waals surface area contributed by atoms with Gasteiger partial charge in [-0.05, 0) is 38.8 Å². The highest BCUT2D eigenvalue weighted by molar-refractivity contribution is 5.89. The van der Waals surface area contributed by atoms with Crippen LogP contribution in [0, 0.1) is 13.8 Å². The lowest BCUT2D eigenvalue weighted by Crippen LogP contribution is -2.55. The predicted octanol–water partition coefficient (Wildman–Crippen LogP) is 2.82. The van der Waals surface area contributed by atoms with Crippen molar-refractivity contribution in [3.05, 3.63) is 35.1 Å². The number of nitrogens with zero attached hydrogens (tertiary/aromatic N) is 1. The summed E-state index contributed by atoms with van der Waals surface area (Å²) >= 11 is 0. The number of ether oxygens (including phenoxy) is 1. The van der Waals surface area contributed by atoms with Crippen molar-refractivity contribution in [3.63, 3.8) is 0 Å². The first-order valence-corrected chi connectivity index (χ1v) is 8.94. The molecule has 1 aliphatic rings. The van der Waals surface area contributed by atoms with Crippen molar-refractivity contribution in [1.29, 1.82) is 0 Å². The molecule has 1 N–H and O–H groups in total. The Bertz CT molecular complexity index is 758. The molecule has 0 atom stereocenters. The third kappa shape index (κ3) is 3.88. The molecular weight excluding hydrogens is 316 g/mol. The molecule has 1 saturated heterocycles. The molecule has 1 fully saturated rings. The second kappa shape index (κ2) is 7.18. The first kappa shape index (κ1) is 18.0. The van der Waals surface area contributed by atoms with E-state index in [9.17, 15) is 4.79 Å². The van der Waals surface area contributed by atoms with E-state index in [2.05, 4.69) is 44.0 Å². The number of nitrogens with one attached hydrogen (secondary N) is 1. The number of hydrogen-bond donors (Lipinski definition) is 1. The number of carbonyl (C=O) groups is 1. The number of benzene rings is 1. The van der Waals surface area contributed by atoms with E-state index in [1.807, 2.05) is 6.07 Å². The Morgan fingerprint density at radius 2 is 1.96 bits per heavy atom. The van der Waals surface area contributed by atoms with Gasteiger partial charge in [-0.3, -0.25) is 9.69 Å². The van der Waals surface area contributed by atoms with Crippen LogP contribution in [0.1, 0.15) is 30.5 Å². The quantitative estimate of drug-likeness (QED) is 0.906. The van der Waals surface area contributed by atoms with Crippen LogP contribution in [0.15, 0.2) is 22.8 Å². The van der Waals surface area contributed by atoms with Gasteiger partial charge in [-0.1, -0.05) is 12.1 Å². The van der Waals surface area contributed by atoms with Gasteiger partial charge in [-0.2, -0.15) is 0 Å². The summed E-state index contributed by atoms with van der Waals surface area (Å²) in [4.78, 5) is 14.8. The summed E-state index contributed by atoms with van der Waals surface area (Å²) in [6, 6.07) is 4.12. The number of hydrogen-bond acceptors (Lipinski definition) is 4. The summed E-state index contributed by atoms with van der Waals surface area (Å²) in [7, 11) is 0. The van der Waals surface area contributed by atoms with Crippen molar-refractivity contribution in [2.45, 2.75) is 39.7 Å². The molecule has 0 unspecified atom stereocenters. The van der Waals surface area contributed by atoms with E-state index < -0.39 is 0 Å². The lowest BCUT2D eigenvalue weighted by atomic mass is 10.0. The number of morpholine rings is 1. The van der Waals surface area contributed by atoms with Gasteiger partial charge in [0.05, 0.1) is 25.9 Å². The highest BCUT2D eigenvalue weighted by atomic mass is 16.5. The lowest BCUT2D eigenvalue weighted by molar-refractivity contribution is -0.121. The van der Waals surface area contributed by atoms with Gasteiger partial charge in [0.1, 0.15) is 5.58 Å². The molecule has 25 heavy (non-hydrogen) atoms. The zero-order chi connectivity index (χ0) is 18.0. The molecule has 1 aliphatic heterocycles. The van der Waals surface area contributed by atoms with Crippen molar-refractivity contribution in [1.82, 2.24) is 10.2 Å². The number of rotatable bonds is 5. The van der Waals surface area contributed by atoms with E-state index in [4.69, 9.17) is 9.15 Å². The molecule has 5 heteroatoms. The molecular formula is C20H28N2O3. The zero-order valence-corrected chi connectivity index (χ0v) is 15.6. The molecule has 0 radical (unpaired) electrons. The predicted molar refractivity (Wildman–Crippen MR) is 98.9 cm³/mol. The minimum Gasteiger partial charge on any atom is -0.464 e. The molecule has 1 aromatic heterocycles. The highest BCUT2D eigenvalue weighted by Gasteiger charge is 2.28.